The molecule has 0 saturated heterocycles. The van der Waals surface area contributed by atoms with Crippen molar-refractivity contribution in [3.63, 3.8) is 0 Å². The van der Waals surface area contributed by atoms with Crippen molar-refractivity contribution in [2.75, 3.05) is 19.5 Å². The fourth-order valence-corrected chi connectivity index (χ4v) is 2.21. The molecule has 0 fully saturated rings. The van der Waals surface area contributed by atoms with Crippen molar-refractivity contribution in [3.8, 4) is 11.5 Å². The standard InChI is InChI=1S/C15H15BrFNO2/c1-19-12-5-3-10(15(8-12)20-2)9-18-14-7-11(17)4-6-13(14)16/h3-8,18H,9H2,1-2H3. The fourth-order valence-electron chi connectivity index (χ4n) is 1.82. The smallest absolute Gasteiger partial charge is 0.127 e. The van der Waals surface area contributed by atoms with Crippen molar-refractivity contribution in [1.82, 2.24) is 0 Å². The van der Waals surface area contributed by atoms with E-state index < -0.39 is 0 Å². The number of methoxy groups -OCH3 is 2. The molecule has 2 aromatic rings. The SMILES string of the molecule is COc1ccc(CNc2cc(F)ccc2Br)c(OC)c1. The van der Waals surface area contributed by atoms with Crippen molar-refractivity contribution < 1.29 is 13.9 Å². The second kappa shape index (κ2) is 6.61. The van der Waals surface area contributed by atoms with Gasteiger partial charge in [-0.3, -0.25) is 0 Å². The lowest BCUT2D eigenvalue weighted by Crippen LogP contribution is -2.03. The minimum atomic E-state index is -0.280. The average Bonchev–Trinajstić information content (AvgIpc) is 2.48. The summed E-state index contributed by atoms with van der Waals surface area (Å²) in [7, 11) is 3.22. The van der Waals surface area contributed by atoms with Gasteiger partial charge in [0.1, 0.15) is 17.3 Å². The molecule has 0 aliphatic carbocycles. The van der Waals surface area contributed by atoms with Gasteiger partial charge in [0.05, 0.1) is 19.9 Å². The number of hydrogen-bond acceptors (Lipinski definition) is 3. The number of hydrogen-bond donors (Lipinski definition) is 1. The highest BCUT2D eigenvalue weighted by atomic mass is 79.9. The van der Waals surface area contributed by atoms with Crippen LogP contribution >= 0.6 is 15.9 Å². The zero-order valence-electron chi connectivity index (χ0n) is 11.2. The summed E-state index contributed by atoms with van der Waals surface area (Å²) < 4.78 is 24.5. The third kappa shape index (κ3) is 3.42. The molecule has 0 atom stereocenters. The molecule has 2 rings (SSSR count). The van der Waals surface area contributed by atoms with Gasteiger partial charge in [0.2, 0.25) is 0 Å². The van der Waals surface area contributed by atoms with E-state index in [0.29, 0.717) is 12.2 Å². The molecule has 0 radical (unpaired) electrons. The Kier molecular flexibility index (Phi) is 4.84. The summed E-state index contributed by atoms with van der Waals surface area (Å²) in [5.41, 5.74) is 1.66. The molecule has 0 aliphatic rings. The first kappa shape index (κ1) is 14.7. The lowest BCUT2D eigenvalue weighted by atomic mass is 10.2. The number of ether oxygens (including phenoxy) is 2. The van der Waals surface area contributed by atoms with Crippen LogP contribution in [0.15, 0.2) is 40.9 Å². The third-order valence-electron chi connectivity index (χ3n) is 2.89. The van der Waals surface area contributed by atoms with E-state index in [2.05, 4.69) is 21.2 Å². The Balaban J connectivity index is 2.16. The molecule has 20 heavy (non-hydrogen) atoms. The molecule has 0 bridgehead atoms. The Morgan fingerprint density at radius 1 is 1.10 bits per heavy atom. The molecular weight excluding hydrogens is 325 g/mol. The maximum absolute atomic E-state index is 13.2. The third-order valence-corrected chi connectivity index (χ3v) is 3.58. The zero-order valence-corrected chi connectivity index (χ0v) is 12.8. The number of halogens is 2. The van der Waals surface area contributed by atoms with Crippen molar-refractivity contribution in [3.05, 3.63) is 52.3 Å². The number of anilines is 1. The Hall–Kier alpha value is -1.75. The zero-order chi connectivity index (χ0) is 14.5. The molecule has 2 aromatic carbocycles. The van der Waals surface area contributed by atoms with E-state index in [0.717, 1.165) is 21.5 Å². The van der Waals surface area contributed by atoms with Crippen molar-refractivity contribution in [2.45, 2.75) is 6.54 Å². The molecule has 1 N–H and O–H groups in total. The van der Waals surface area contributed by atoms with E-state index in [4.69, 9.17) is 9.47 Å². The van der Waals surface area contributed by atoms with E-state index in [9.17, 15) is 4.39 Å². The highest BCUT2D eigenvalue weighted by Crippen LogP contribution is 2.27. The van der Waals surface area contributed by atoms with E-state index in [1.807, 2.05) is 18.2 Å². The average molecular weight is 340 g/mol. The van der Waals surface area contributed by atoms with Crippen LogP contribution in [0.4, 0.5) is 10.1 Å². The largest absolute Gasteiger partial charge is 0.497 e. The predicted molar refractivity (Wildman–Crippen MR) is 81.0 cm³/mol. The van der Waals surface area contributed by atoms with Gasteiger partial charge in [-0.25, -0.2) is 4.39 Å². The van der Waals surface area contributed by atoms with Crippen LogP contribution in [0.5, 0.6) is 11.5 Å². The van der Waals surface area contributed by atoms with Crippen molar-refractivity contribution in [1.29, 1.82) is 0 Å². The van der Waals surface area contributed by atoms with Gasteiger partial charge in [-0.05, 0) is 46.3 Å². The van der Waals surface area contributed by atoms with Gasteiger partial charge < -0.3 is 14.8 Å². The van der Waals surface area contributed by atoms with E-state index in [1.54, 1.807) is 20.3 Å². The summed E-state index contributed by atoms with van der Waals surface area (Å²) in [6.45, 7) is 0.523. The summed E-state index contributed by atoms with van der Waals surface area (Å²) in [5, 5.41) is 3.17. The number of rotatable bonds is 5. The van der Waals surface area contributed by atoms with Gasteiger partial charge in [-0.15, -0.1) is 0 Å². The topological polar surface area (TPSA) is 30.5 Å². The van der Waals surface area contributed by atoms with Gasteiger partial charge in [0.15, 0.2) is 0 Å². The van der Waals surface area contributed by atoms with E-state index in [-0.39, 0.29) is 5.82 Å². The van der Waals surface area contributed by atoms with Crippen LogP contribution in [0, 0.1) is 5.82 Å². The normalized spacial score (nSPS) is 10.2. The molecule has 106 valence electrons. The summed E-state index contributed by atoms with van der Waals surface area (Å²) in [6.07, 6.45) is 0. The highest BCUT2D eigenvalue weighted by Gasteiger charge is 2.06. The minimum absolute atomic E-state index is 0.280. The van der Waals surface area contributed by atoms with Crippen molar-refractivity contribution >= 4 is 21.6 Å². The lowest BCUT2D eigenvalue weighted by molar-refractivity contribution is 0.391. The van der Waals surface area contributed by atoms with Crippen LogP contribution in [0.2, 0.25) is 0 Å². The molecule has 0 heterocycles. The summed E-state index contributed by atoms with van der Waals surface area (Å²) in [6, 6.07) is 10.1. The minimum Gasteiger partial charge on any atom is -0.497 e. The van der Waals surface area contributed by atoms with Gasteiger partial charge in [-0.1, -0.05) is 0 Å². The molecular formula is C15H15BrFNO2. The summed E-state index contributed by atoms with van der Waals surface area (Å²) in [4.78, 5) is 0. The van der Waals surface area contributed by atoms with Crippen molar-refractivity contribution in [2.24, 2.45) is 0 Å². The van der Waals surface area contributed by atoms with Crippen LogP contribution in [-0.2, 0) is 6.54 Å². The van der Waals surface area contributed by atoms with E-state index >= 15 is 0 Å². The van der Waals surface area contributed by atoms with Gasteiger partial charge in [-0.2, -0.15) is 0 Å². The second-order valence-corrected chi connectivity index (χ2v) is 5.01. The Morgan fingerprint density at radius 2 is 1.90 bits per heavy atom. The van der Waals surface area contributed by atoms with Gasteiger partial charge in [0.25, 0.3) is 0 Å². The van der Waals surface area contributed by atoms with Crippen LogP contribution < -0.4 is 14.8 Å². The summed E-state index contributed by atoms with van der Waals surface area (Å²) in [5.74, 6) is 1.18. The van der Waals surface area contributed by atoms with Gasteiger partial charge >= 0.3 is 0 Å². The van der Waals surface area contributed by atoms with Gasteiger partial charge in [0, 0.05) is 22.6 Å². The number of nitrogens with one attached hydrogen (secondary N) is 1. The molecule has 0 saturated carbocycles. The maximum Gasteiger partial charge on any atom is 0.127 e. The monoisotopic (exact) mass is 339 g/mol. The molecule has 0 unspecified atom stereocenters. The number of benzene rings is 2. The van der Waals surface area contributed by atoms with Crippen LogP contribution in [0.3, 0.4) is 0 Å². The molecule has 0 amide bonds. The quantitative estimate of drug-likeness (QED) is 0.884. The molecule has 0 spiro atoms. The fraction of sp³-hybridized carbons (Fsp3) is 0.200. The first-order valence-corrected chi connectivity index (χ1v) is 6.83. The Labute approximate surface area is 125 Å². The first-order chi connectivity index (χ1) is 9.63. The predicted octanol–water partition coefficient (Wildman–Crippen LogP) is 4.22. The van der Waals surface area contributed by atoms with Crippen LogP contribution in [0.1, 0.15) is 5.56 Å². The first-order valence-electron chi connectivity index (χ1n) is 6.04. The Bertz CT molecular complexity index is 604. The Morgan fingerprint density at radius 3 is 2.60 bits per heavy atom. The lowest BCUT2D eigenvalue weighted by Gasteiger charge is -2.13. The van der Waals surface area contributed by atoms with Crippen LogP contribution in [-0.4, -0.2) is 14.2 Å². The molecule has 5 heteroatoms. The molecule has 0 aliphatic heterocycles. The van der Waals surface area contributed by atoms with E-state index in [1.165, 1.54) is 12.1 Å². The van der Waals surface area contributed by atoms with Crippen LogP contribution in [0.25, 0.3) is 0 Å². The highest BCUT2D eigenvalue weighted by molar-refractivity contribution is 9.10. The molecule has 3 nitrogen and oxygen atoms in total. The second-order valence-electron chi connectivity index (χ2n) is 4.16. The maximum atomic E-state index is 13.2. The summed E-state index contributed by atoms with van der Waals surface area (Å²) >= 11 is 3.38. The molecule has 0 aromatic heterocycles.